The lowest BCUT2D eigenvalue weighted by molar-refractivity contribution is -0.141. The minimum absolute atomic E-state index is 0.0160. The van der Waals surface area contributed by atoms with Crippen LogP contribution >= 0.6 is 0 Å². The van der Waals surface area contributed by atoms with Gasteiger partial charge in [0.2, 0.25) is 0 Å². The molecule has 0 saturated carbocycles. The van der Waals surface area contributed by atoms with Crippen LogP contribution in [-0.2, 0) is 22.3 Å². The standard InChI is InChI=1S/C15H19F3N2O3/c1-14(2,3)23-13(21)20(4)11-8-22-7-10-9(11)5-6-12(19-10)15(16,17)18/h5-6,11H,7-8H2,1-4H3. The van der Waals surface area contributed by atoms with Crippen LogP contribution in [-0.4, -0.2) is 35.2 Å². The minimum atomic E-state index is -4.51. The summed E-state index contributed by atoms with van der Waals surface area (Å²) >= 11 is 0. The Morgan fingerprint density at radius 2 is 2.00 bits per heavy atom. The Morgan fingerprint density at radius 3 is 2.57 bits per heavy atom. The second kappa shape index (κ2) is 5.99. The predicted molar refractivity (Wildman–Crippen MR) is 75.6 cm³/mol. The molecule has 23 heavy (non-hydrogen) atoms. The summed E-state index contributed by atoms with van der Waals surface area (Å²) in [5.74, 6) is 0. The molecule has 1 atom stereocenters. The maximum Gasteiger partial charge on any atom is 0.433 e. The first-order chi connectivity index (χ1) is 10.5. The van der Waals surface area contributed by atoms with E-state index in [1.807, 2.05) is 0 Å². The summed E-state index contributed by atoms with van der Waals surface area (Å²) in [6.45, 7) is 5.37. The van der Waals surface area contributed by atoms with E-state index >= 15 is 0 Å². The van der Waals surface area contributed by atoms with E-state index < -0.39 is 29.6 Å². The largest absolute Gasteiger partial charge is 0.444 e. The number of nitrogens with zero attached hydrogens (tertiary/aromatic N) is 2. The second-order valence-corrected chi connectivity index (χ2v) is 6.35. The Morgan fingerprint density at radius 1 is 1.35 bits per heavy atom. The molecule has 0 radical (unpaired) electrons. The smallest absolute Gasteiger partial charge is 0.433 e. The number of alkyl halides is 3. The zero-order chi connectivity index (χ0) is 17.4. The Kier molecular flexibility index (Phi) is 4.57. The lowest BCUT2D eigenvalue weighted by Gasteiger charge is -2.34. The highest BCUT2D eigenvalue weighted by atomic mass is 19.4. The van der Waals surface area contributed by atoms with Crippen molar-refractivity contribution in [3.8, 4) is 0 Å². The summed E-state index contributed by atoms with van der Waals surface area (Å²) < 4.78 is 48.8. The van der Waals surface area contributed by atoms with Crippen LogP contribution in [0.5, 0.6) is 0 Å². The maximum atomic E-state index is 12.7. The van der Waals surface area contributed by atoms with Crippen molar-refractivity contribution in [2.75, 3.05) is 13.7 Å². The molecule has 0 fully saturated rings. The van der Waals surface area contributed by atoms with Crippen molar-refractivity contribution in [3.63, 3.8) is 0 Å². The van der Waals surface area contributed by atoms with Crippen LogP contribution in [0.1, 0.15) is 43.8 Å². The van der Waals surface area contributed by atoms with Crippen LogP contribution in [0.25, 0.3) is 0 Å². The van der Waals surface area contributed by atoms with Crippen LogP contribution in [0.15, 0.2) is 12.1 Å². The average Bonchev–Trinajstić information content (AvgIpc) is 2.42. The van der Waals surface area contributed by atoms with E-state index in [4.69, 9.17) is 9.47 Å². The molecule has 1 aliphatic rings. The molecule has 128 valence electrons. The van der Waals surface area contributed by atoms with E-state index in [0.717, 1.165) is 6.07 Å². The van der Waals surface area contributed by atoms with Crippen molar-refractivity contribution in [3.05, 3.63) is 29.1 Å². The number of carbonyl (C=O) groups excluding carboxylic acids is 1. The fourth-order valence-corrected chi connectivity index (χ4v) is 2.23. The molecule has 2 heterocycles. The van der Waals surface area contributed by atoms with E-state index in [1.54, 1.807) is 20.8 Å². The molecule has 0 bridgehead atoms. The molecule has 5 nitrogen and oxygen atoms in total. The van der Waals surface area contributed by atoms with Crippen molar-refractivity contribution < 1.29 is 27.4 Å². The molecular weight excluding hydrogens is 313 g/mol. The number of ether oxygens (including phenoxy) is 2. The summed E-state index contributed by atoms with van der Waals surface area (Å²) in [5, 5.41) is 0. The Labute approximate surface area is 132 Å². The lowest BCUT2D eigenvalue weighted by atomic mass is 10.0. The molecule has 1 aromatic heterocycles. The fraction of sp³-hybridized carbons (Fsp3) is 0.600. The molecule has 0 aromatic carbocycles. The van der Waals surface area contributed by atoms with E-state index in [-0.39, 0.29) is 18.9 Å². The van der Waals surface area contributed by atoms with E-state index in [0.29, 0.717) is 5.56 Å². The van der Waals surface area contributed by atoms with Gasteiger partial charge in [0.15, 0.2) is 0 Å². The molecule has 2 rings (SSSR count). The van der Waals surface area contributed by atoms with Crippen LogP contribution in [0.3, 0.4) is 0 Å². The monoisotopic (exact) mass is 332 g/mol. The molecule has 1 unspecified atom stereocenters. The van der Waals surface area contributed by atoms with E-state index in [9.17, 15) is 18.0 Å². The average molecular weight is 332 g/mol. The SMILES string of the molecule is CN(C(=O)OC(C)(C)C)C1COCc2nc(C(F)(F)F)ccc21. The van der Waals surface area contributed by atoms with E-state index in [1.165, 1.54) is 18.0 Å². The van der Waals surface area contributed by atoms with Gasteiger partial charge in [-0.15, -0.1) is 0 Å². The van der Waals surface area contributed by atoms with Gasteiger partial charge in [-0.2, -0.15) is 13.2 Å². The zero-order valence-corrected chi connectivity index (χ0v) is 13.4. The number of hydrogen-bond acceptors (Lipinski definition) is 4. The highest BCUT2D eigenvalue weighted by Crippen LogP contribution is 2.33. The third-order valence-corrected chi connectivity index (χ3v) is 3.32. The number of amides is 1. The number of hydrogen-bond donors (Lipinski definition) is 0. The molecule has 0 N–H and O–H groups in total. The van der Waals surface area contributed by atoms with Crippen molar-refractivity contribution >= 4 is 6.09 Å². The molecule has 0 spiro atoms. The van der Waals surface area contributed by atoms with Crippen LogP contribution in [0.2, 0.25) is 0 Å². The first kappa shape index (κ1) is 17.5. The topological polar surface area (TPSA) is 51.7 Å². The number of rotatable bonds is 1. The fourth-order valence-electron chi connectivity index (χ4n) is 2.23. The minimum Gasteiger partial charge on any atom is -0.444 e. The number of aromatic nitrogens is 1. The van der Waals surface area contributed by atoms with Crippen molar-refractivity contribution in [1.82, 2.24) is 9.88 Å². The summed E-state index contributed by atoms with van der Waals surface area (Å²) in [6.07, 6.45) is -5.09. The predicted octanol–water partition coefficient (Wildman–Crippen LogP) is 3.54. The number of likely N-dealkylation sites (N-methyl/N-ethyl adjacent to an activating group) is 1. The van der Waals surface area contributed by atoms with Crippen LogP contribution in [0, 0.1) is 0 Å². The van der Waals surface area contributed by atoms with Gasteiger partial charge < -0.3 is 14.4 Å². The van der Waals surface area contributed by atoms with Gasteiger partial charge in [-0.25, -0.2) is 9.78 Å². The number of pyridine rings is 1. The molecule has 0 saturated heterocycles. The quantitative estimate of drug-likeness (QED) is 0.789. The van der Waals surface area contributed by atoms with Crippen LogP contribution in [0.4, 0.5) is 18.0 Å². The highest BCUT2D eigenvalue weighted by Gasteiger charge is 2.36. The maximum absolute atomic E-state index is 12.7. The molecular formula is C15H19F3N2O3. The van der Waals surface area contributed by atoms with Gasteiger partial charge >= 0.3 is 12.3 Å². The summed E-state index contributed by atoms with van der Waals surface area (Å²) in [5.41, 5.74) is -0.910. The summed E-state index contributed by atoms with van der Waals surface area (Å²) in [6, 6.07) is 1.72. The Hall–Kier alpha value is -1.83. The third kappa shape index (κ3) is 4.13. The molecule has 0 aliphatic carbocycles. The number of halogens is 3. The van der Waals surface area contributed by atoms with Crippen molar-refractivity contribution in [1.29, 1.82) is 0 Å². The normalized spacial score (nSPS) is 18.3. The Bertz CT molecular complexity index is 597. The zero-order valence-electron chi connectivity index (χ0n) is 13.4. The lowest BCUT2D eigenvalue weighted by Crippen LogP contribution is -2.40. The Balaban J connectivity index is 2.26. The first-order valence-electron chi connectivity index (χ1n) is 7.09. The third-order valence-electron chi connectivity index (χ3n) is 3.32. The van der Waals surface area contributed by atoms with Crippen molar-refractivity contribution in [2.45, 2.75) is 45.2 Å². The van der Waals surface area contributed by atoms with E-state index in [2.05, 4.69) is 4.98 Å². The first-order valence-corrected chi connectivity index (χ1v) is 7.09. The second-order valence-electron chi connectivity index (χ2n) is 6.35. The summed E-state index contributed by atoms with van der Waals surface area (Å²) in [7, 11) is 1.52. The highest BCUT2D eigenvalue weighted by molar-refractivity contribution is 5.68. The van der Waals surface area contributed by atoms with Gasteiger partial charge in [-0.1, -0.05) is 6.07 Å². The number of fused-ring (bicyclic) bond motifs is 1. The van der Waals surface area contributed by atoms with Gasteiger partial charge in [0.25, 0.3) is 0 Å². The van der Waals surface area contributed by atoms with Crippen molar-refractivity contribution in [2.24, 2.45) is 0 Å². The van der Waals surface area contributed by atoms with Crippen LogP contribution < -0.4 is 0 Å². The molecule has 1 amide bonds. The number of carbonyl (C=O) groups is 1. The summed E-state index contributed by atoms with van der Waals surface area (Å²) in [4.78, 5) is 17.1. The van der Waals surface area contributed by atoms with Gasteiger partial charge in [0, 0.05) is 12.6 Å². The molecule has 8 heteroatoms. The van der Waals surface area contributed by atoms with Gasteiger partial charge in [-0.05, 0) is 26.8 Å². The molecule has 1 aromatic rings. The van der Waals surface area contributed by atoms with Gasteiger partial charge in [0.1, 0.15) is 11.3 Å². The molecule has 1 aliphatic heterocycles. The van der Waals surface area contributed by atoms with Gasteiger partial charge in [0.05, 0.1) is 24.9 Å². The van der Waals surface area contributed by atoms with Gasteiger partial charge in [-0.3, -0.25) is 0 Å².